The van der Waals surface area contributed by atoms with Crippen molar-refractivity contribution >= 4 is 6.03 Å². The molecule has 1 aromatic rings. The predicted octanol–water partition coefficient (Wildman–Crippen LogP) is 2.86. The Balaban J connectivity index is 1.75. The summed E-state index contributed by atoms with van der Waals surface area (Å²) in [6, 6.07) is 7.71. The minimum Gasteiger partial charge on any atom is -0.496 e. The fourth-order valence-electron chi connectivity index (χ4n) is 3.67. The van der Waals surface area contributed by atoms with Gasteiger partial charge in [-0.25, -0.2) is 4.79 Å². The molecule has 0 saturated carbocycles. The highest BCUT2D eigenvalue weighted by Crippen LogP contribution is 2.21. The molecule has 24 heavy (non-hydrogen) atoms. The highest BCUT2D eigenvalue weighted by atomic mass is 16.5. The van der Waals surface area contributed by atoms with E-state index in [4.69, 9.17) is 4.74 Å². The van der Waals surface area contributed by atoms with Crippen molar-refractivity contribution < 1.29 is 9.53 Å². The summed E-state index contributed by atoms with van der Waals surface area (Å²) < 4.78 is 5.30. The van der Waals surface area contributed by atoms with Crippen LogP contribution >= 0.6 is 0 Å². The molecule has 3 atom stereocenters. The summed E-state index contributed by atoms with van der Waals surface area (Å²) >= 11 is 0. The summed E-state index contributed by atoms with van der Waals surface area (Å²) in [7, 11) is 1.64. The summed E-state index contributed by atoms with van der Waals surface area (Å²) in [6.45, 7) is 10.3. The minimum atomic E-state index is -0.133. The van der Waals surface area contributed by atoms with Gasteiger partial charge in [-0.2, -0.15) is 0 Å². The Kier molecular flexibility index (Phi) is 6.91. The highest BCUT2D eigenvalue weighted by Gasteiger charge is 2.23. The van der Waals surface area contributed by atoms with Gasteiger partial charge in [0.25, 0.3) is 0 Å². The molecule has 134 valence electrons. The normalized spacial score (nSPS) is 22.7. The van der Waals surface area contributed by atoms with E-state index < -0.39 is 0 Å². The molecule has 0 unspecified atom stereocenters. The number of hydrogen-bond acceptors (Lipinski definition) is 3. The number of nitrogens with one attached hydrogen (secondary N) is 2. The second-order valence-electron chi connectivity index (χ2n) is 7.20. The van der Waals surface area contributed by atoms with Gasteiger partial charge in [-0.1, -0.05) is 32.0 Å². The standard InChI is InChI=1S/C19H31N3O2/c1-14-9-15(2)12-22(11-14)13-16(3)21-19(23)20-10-17-7-5-6-8-18(17)24-4/h5-8,14-16H,9-13H2,1-4H3,(H2,20,21,23)/t14-,15-,16-/m1/s1. The number of benzene rings is 1. The summed E-state index contributed by atoms with van der Waals surface area (Å²) in [5, 5.41) is 5.94. The van der Waals surface area contributed by atoms with Gasteiger partial charge in [-0.05, 0) is 31.2 Å². The molecule has 2 N–H and O–H groups in total. The van der Waals surface area contributed by atoms with Gasteiger partial charge < -0.3 is 20.3 Å². The SMILES string of the molecule is COc1ccccc1CNC(=O)N[C@H](C)CN1C[C@H](C)C[C@@H](C)C1. The van der Waals surface area contributed by atoms with Crippen LogP contribution in [0.3, 0.4) is 0 Å². The van der Waals surface area contributed by atoms with Crippen molar-refractivity contribution in [3.63, 3.8) is 0 Å². The summed E-state index contributed by atoms with van der Waals surface area (Å²) in [5.74, 6) is 2.27. The van der Waals surface area contributed by atoms with Crippen LogP contribution in [-0.2, 0) is 6.54 Å². The average molecular weight is 333 g/mol. The number of amides is 2. The Hall–Kier alpha value is -1.75. The van der Waals surface area contributed by atoms with E-state index in [1.54, 1.807) is 7.11 Å². The first-order chi connectivity index (χ1) is 11.5. The highest BCUT2D eigenvalue weighted by molar-refractivity contribution is 5.74. The van der Waals surface area contributed by atoms with E-state index in [0.29, 0.717) is 6.54 Å². The zero-order valence-corrected chi connectivity index (χ0v) is 15.3. The minimum absolute atomic E-state index is 0.125. The molecule has 0 aliphatic carbocycles. The van der Waals surface area contributed by atoms with E-state index in [0.717, 1.165) is 42.8 Å². The topological polar surface area (TPSA) is 53.6 Å². The van der Waals surface area contributed by atoms with Crippen LogP contribution in [-0.4, -0.2) is 43.7 Å². The number of carbonyl (C=O) groups excluding carboxylic acids is 1. The molecule has 1 aliphatic heterocycles. The lowest BCUT2D eigenvalue weighted by atomic mass is 9.92. The predicted molar refractivity (Wildman–Crippen MR) is 97.2 cm³/mol. The van der Waals surface area contributed by atoms with Crippen LogP contribution in [0.15, 0.2) is 24.3 Å². The lowest BCUT2D eigenvalue weighted by Crippen LogP contribution is -2.49. The summed E-state index contributed by atoms with van der Waals surface area (Å²) in [4.78, 5) is 14.6. The van der Waals surface area contributed by atoms with Crippen molar-refractivity contribution in [1.29, 1.82) is 0 Å². The second kappa shape index (κ2) is 8.92. The van der Waals surface area contributed by atoms with E-state index in [9.17, 15) is 4.79 Å². The number of ether oxygens (including phenoxy) is 1. The van der Waals surface area contributed by atoms with E-state index in [1.807, 2.05) is 24.3 Å². The van der Waals surface area contributed by atoms with Gasteiger partial charge in [0.05, 0.1) is 7.11 Å². The van der Waals surface area contributed by atoms with Gasteiger partial charge in [-0.3, -0.25) is 0 Å². The average Bonchev–Trinajstić information content (AvgIpc) is 2.52. The number of para-hydroxylation sites is 1. The number of urea groups is 1. The molecule has 5 nitrogen and oxygen atoms in total. The molecule has 0 radical (unpaired) electrons. The molecule has 2 amide bonds. The van der Waals surface area contributed by atoms with E-state index in [-0.39, 0.29) is 12.1 Å². The zero-order valence-electron chi connectivity index (χ0n) is 15.3. The molecule has 5 heteroatoms. The van der Waals surface area contributed by atoms with Crippen molar-refractivity contribution in [2.45, 2.75) is 39.8 Å². The molecule has 1 heterocycles. The van der Waals surface area contributed by atoms with Gasteiger partial charge in [0.2, 0.25) is 0 Å². The first-order valence-corrected chi connectivity index (χ1v) is 8.86. The van der Waals surface area contributed by atoms with Crippen LogP contribution < -0.4 is 15.4 Å². The van der Waals surface area contributed by atoms with Crippen molar-refractivity contribution in [2.24, 2.45) is 11.8 Å². The van der Waals surface area contributed by atoms with Crippen LogP contribution in [0.1, 0.15) is 32.8 Å². The maximum absolute atomic E-state index is 12.1. The molecule has 1 saturated heterocycles. The van der Waals surface area contributed by atoms with Crippen LogP contribution in [0.2, 0.25) is 0 Å². The molecule has 1 aromatic carbocycles. The van der Waals surface area contributed by atoms with Gasteiger partial charge in [0.1, 0.15) is 5.75 Å². The number of carbonyl (C=O) groups is 1. The number of nitrogens with zero attached hydrogens (tertiary/aromatic N) is 1. The number of hydrogen-bond donors (Lipinski definition) is 2. The lowest BCUT2D eigenvalue weighted by molar-refractivity contribution is 0.131. The van der Waals surface area contributed by atoms with Crippen LogP contribution in [0.25, 0.3) is 0 Å². The third-order valence-electron chi connectivity index (χ3n) is 4.49. The van der Waals surface area contributed by atoms with E-state index >= 15 is 0 Å². The third-order valence-corrected chi connectivity index (χ3v) is 4.49. The second-order valence-corrected chi connectivity index (χ2v) is 7.20. The quantitative estimate of drug-likeness (QED) is 0.842. The molecule has 2 rings (SSSR count). The number of methoxy groups -OCH3 is 1. The summed E-state index contributed by atoms with van der Waals surface area (Å²) in [6.07, 6.45) is 1.30. The largest absolute Gasteiger partial charge is 0.496 e. The van der Waals surface area contributed by atoms with Crippen molar-refractivity contribution in [3.05, 3.63) is 29.8 Å². The maximum atomic E-state index is 12.1. The Morgan fingerprint density at radius 1 is 1.29 bits per heavy atom. The number of rotatable bonds is 6. The molecule has 1 aliphatic rings. The van der Waals surface area contributed by atoms with Gasteiger partial charge in [0, 0.05) is 37.8 Å². The first-order valence-electron chi connectivity index (χ1n) is 8.86. The van der Waals surface area contributed by atoms with Gasteiger partial charge >= 0.3 is 6.03 Å². The first kappa shape index (κ1) is 18.6. The number of likely N-dealkylation sites (tertiary alicyclic amines) is 1. The van der Waals surface area contributed by atoms with Gasteiger partial charge in [-0.15, -0.1) is 0 Å². The molecular weight excluding hydrogens is 302 g/mol. The van der Waals surface area contributed by atoms with Crippen LogP contribution in [0, 0.1) is 11.8 Å². The molecular formula is C19H31N3O2. The van der Waals surface area contributed by atoms with Crippen molar-refractivity contribution in [3.8, 4) is 5.75 Å². The van der Waals surface area contributed by atoms with E-state index in [2.05, 4.69) is 36.3 Å². The van der Waals surface area contributed by atoms with Crippen molar-refractivity contribution in [1.82, 2.24) is 15.5 Å². The maximum Gasteiger partial charge on any atom is 0.315 e. The van der Waals surface area contributed by atoms with Crippen LogP contribution in [0.4, 0.5) is 4.79 Å². The Labute approximate surface area is 145 Å². The fourth-order valence-corrected chi connectivity index (χ4v) is 3.67. The van der Waals surface area contributed by atoms with Crippen LogP contribution in [0.5, 0.6) is 5.75 Å². The summed E-state index contributed by atoms with van der Waals surface area (Å²) in [5.41, 5.74) is 0.974. The molecule has 0 aromatic heterocycles. The fraction of sp³-hybridized carbons (Fsp3) is 0.632. The van der Waals surface area contributed by atoms with E-state index in [1.165, 1.54) is 6.42 Å². The monoisotopic (exact) mass is 333 g/mol. The Bertz CT molecular complexity index is 525. The molecule has 1 fully saturated rings. The zero-order chi connectivity index (χ0) is 17.5. The van der Waals surface area contributed by atoms with Crippen molar-refractivity contribution in [2.75, 3.05) is 26.7 Å². The third kappa shape index (κ3) is 5.71. The van der Waals surface area contributed by atoms with Gasteiger partial charge in [0.15, 0.2) is 0 Å². The lowest BCUT2D eigenvalue weighted by Gasteiger charge is -2.36. The Morgan fingerprint density at radius 2 is 1.96 bits per heavy atom. The molecule has 0 spiro atoms. The molecule has 0 bridgehead atoms. The number of piperidine rings is 1. The smallest absolute Gasteiger partial charge is 0.315 e. The Morgan fingerprint density at radius 3 is 2.62 bits per heavy atom.